The Labute approximate surface area is 111 Å². The molecule has 2 rings (SSSR count). The molecule has 0 amide bonds. The SMILES string of the molecule is Cc1cc(C)c(C(NN)c2cnc(C)cn2)c(F)c1. The molecular formula is C14H17FN4. The van der Waals surface area contributed by atoms with Crippen LogP contribution in [0.2, 0.25) is 0 Å². The second-order valence-electron chi connectivity index (χ2n) is 4.66. The van der Waals surface area contributed by atoms with Crippen LogP contribution in [0.3, 0.4) is 0 Å². The van der Waals surface area contributed by atoms with E-state index in [0.29, 0.717) is 11.3 Å². The van der Waals surface area contributed by atoms with E-state index in [1.807, 2.05) is 26.8 Å². The van der Waals surface area contributed by atoms with E-state index in [1.54, 1.807) is 12.4 Å². The molecule has 4 nitrogen and oxygen atoms in total. The Morgan fingerprint density at radius 2 is 1.89 bits per heavy atom. The fourth-order valence-electron chi connectivity index (χ4n) is 2.16. The molecule has 1 aromatic heterocycles. The van der Waals surface area contributed by atoms with Gasteiger partial charge in [-0.2, -0.15) is 0 Å². The fraction of sp³-hybridized carbons (Fsp3) is 0.286. The molecule has 0 saturated heterocycles. The van der Waals surface area contributed by atoms with Gasteiger partial charge in [-0.15, -0.1) is 0 Å². The molecule has 1 aromatic carbocycles. The van der Waals surface area contributed by atoms with E-state index >= 15 is 0 Å². The van der Waals surface area contributed by atoms with Crippen molar-refractivity contribution >= 4 is 0 Å². The number of halogens is 1. The molecule has 19 heavy (non-hydrogen) atoms. The molecule has 1 atom stereocenters. The van der Waals surface area contributed by atoms with Crippen LogP contribution < -0.4 is 11.3 Å². The summed E-state index contributed by atoms with van der Waals surface area (Å²) in [6.07, 6.45) is 3.25. The van der Waals surface area contributed by atoms with Crippen LogP contribution in [0.25, 0.3) is 0 Å². The highest BCUT2D eigenvalue weighted by Gasteiger charge is 2.20. The lowest BCUT2D eigenvalue weighted by Gasteiger charge is -2.19. The van der Waals surface area contributed by atoms with Crippen molar-refractivity contribution < 1.29 is 4.39 Å². The van der Waals surface area contributed by atoms with Gasteiger partial charge in [-0.05, 0) is 38.0 Å². The molecule has 1 unspecified atom stereocenters. The van der Waals surface area contributed by atoms with Gasteiger partial charge in [-0.1, -0.05) is 6.07 Å². The topological polar surface area (TPSA) is 63.8 Å². The second kappa shape index (κ2) is 5.42. The molecule has 1 heterocycles. The average molecular weight is 260 g/mol. The quantitative estimate of drug-likeness (QED) is 0.655. The van der Waals surface area contributed by atoms with Crippen LogP contribution in [-0.2, 0) is 0 Å². The van der Waals surface area contributed by atoms with E-state index in [-0.39, 0.29) is 5.82 Å². The maximum absolute atomic E-state index is 14.2. The molecule has 0 aliphatic rings. The van der Waals surface area contributed by atoms with Crippen LogP contribution >= 0.6 is 0 Å². The summed E-state index contributed by atoms with van der Waals surface area (Å²) in [5.74, 6) is 5.28. The van der Waals surface area contributed by atoms with E-state index in [1.165, 1.54) is 6.07 Å². The van der Waals surface area contributed by atoms with Gasteiger partial charge in [-0.25, -0.2) is 9.82 Å². The van der Waals surface area contributed by atoms with Gasteiger partial charge in [0.05, 0.1) is 23.6 Å². The summed E-state index contributed by atoms with van der Waals surface area (Å²) in [7, 11) is 0. The van der Waals surface area contributed by atoms with Crippen molar-refractivity contribution in [2.24, 2.45) is 5.84 Å². The third-order valence-corrected chi connectivity index (χ3v) is 3.03. The number of benzene rings is 1. The number of hydrazine groups is 1. The highest BCUT2D eigenvalue weighted by Crippen LogP contribution is 2.26. The smallest absolute Gasteiger partial charge is 0.128 e. The Morgan fingerprint density at radius 1 is 1.16 bits per heavy atom. The summed E-state index contributed by atoms with van der Waals surface area (Å²) in [4.78, 5) is 8.43. The van der Waals surface area contributed by atoms with Crippen molar-refractivity contribution in [2.75, 3.05) is 0 Å². The zero-order valence-electron chi connectivity index (χ0n) is 11.2. The van der Waals surface area contributed by atoms with Crippen molar-refractivity contribution in [1.82, 2.24) is 15.4 Å². The second-order valence-corrected chi connectivity index (χ2v) is 4.66. The molecule has 0 spiro atoms. The summed E-state index contributed by atoms with van der Waals surface area (Å²) in [5, 5.41) is 0. The molecule has 0 bridgehead atoms. The van der Waals surface area contributed by atoms with Gasteiger partial charge in [0.2, 0.25) is 0 Å². The molecular weight excluding hydrogens is 243 g/mol. The third kappa shape index (κ3) is 2.77. The summed E-state index contributed by atoms with van der Waals surface area (Å²) in [5.41, 5.74) is 6.24. The number of hydrogen-bond acceptors (Lipinski definition) is 4. The van der Waals surface area contributed by atoms with Crippen LogP contribution in [0.15, 0.2) is 24.5 Å². The van der Waals surface area contributed by atoms with E-state index < -0.39 is 6.04 Å². The van der Waals surface area contributed by atoms with Crippen molar-refractivity contribution in [1.29, 1.82) is 0 Å². The summed E-state index contributed by atoms with van der Waals surface area (Å²) >= 11 is 0. The predicted molar refractivity (Wildman–Crippen MR) is 71.8 cm³/mol. The van der Waals surface area contributed by atoms with Gasteiger partial charge in [0.15, 0.2) is 0 Å². The maximum Gasteiger partial charge on any atom is 0.128 e. The molecule has 0 saturated carbocycles. The highest BCUT2D eigenvalue weighted by atomic mass is 19.1. The lowest BCUT2D eigenvalue weighted by Crippen LogP contribution is -2.31. The number of nitrogens with zero attached hydrogens (tertiary/aromatic N) is 2. The number of nitrogens with one attached hydrogen (secondary N) is 1. The van der Waals surface area contributed by atoms with E-state index in [2.05, 4.69) is 15.4 Å². The van der Waals surface area contributed by atoms with Crippen LogP contribution in [0.1, 0.15) is 34.1 Å². The molecule has 3 N–H and O–H groups in total. The summed E-state index contributed by atoms with van der Waals surface area (Å²) in [6.45, 7) is 5.56. The van der Waals surface area contributed by atoms with Gasteiger partial charge in [0.25, 0.3) is 0 Å². The number of hydrogen-bond donors (Lipinski definition) is 2. The minimum atomic E-state index is -0.506. The molecule has 0 fully saturated rings. The molecule has 5 heteroatoms. The Morgan fingerprint density at radius 3 is 2.42 bits per heavy atom. The molecule has 0 aliphatic heterocycles. The predicted octanol–water partition coefficient (Wildman–Crippen LogP) is 2.09. The zero-order chi connectivity index (χ0) is 14.0. The van der Waals surface area contributed by atoms with Crippen LogP contribution in [-0.4, -0.2) is 9.97 Å². The van der Waals surface area contributed by atoms with Gasteiger partial charge >= 0.3 is 0 Å². The number of rotatable bonds is 3. The minimum Gasteiger partial charge on any atom is -0.271 e. The van der Waals surface area contributed by atoms with Crippen molar-refractivity contribution in [2.45, 2.75) is 26.8 Å². The van der Waals surface area contributed by atoms with Crippen molar-refractivity contribution in [3.63, 3.8) is 0 Å². The van der Waals surface area contributed by atoms with E-state index in [9.17, 15) is 4.39 Å². The molecule has 0 radical (unpaired) electrons. The first-order valence-corrected chi connectivity index (χ1v) is 6.04. The highest BCUT2D eigenvalue weighted by molar-refractivity contribution is 5.37. The number of aromatic nitrogens is 2. The average Bonchev–Trinajstić information content (AvgIpc) is 2.35. The molecule has 0 aliphatic carbocycles. The maximum atomic E-state index is 14.2. The van der Waals surface area contributed by atoms with Crippen LogP contribution in [0, 0.1) is 26.6 Å². The minimum absolute atomic E-state index is 0.289. The molecule has 2 aromatic rings. The Hall–Kier alpha value is -1.85. The zero-order valence-corrected chi connectivity index (χ0v) is 11.2. The Kier molecular flexibility index (Phi) is 3.87. The van der Waals surface area contributed by atoms with E-state index in [0.717, 1.165) is 16.8 Å². The first-order chi connectivity index (χ1) is 9.02. The number of nitrogens with two attached hydrogens (primary N) is 1. The van der Waals surface area contributed by atoms with Gasteiger partial charge < -0.3 is 0 Å². The monoisotopic (exact) mass is 260 g/mol. The lowest BCUT2D eigenvalue weighted by molar-refractivity contribution is 0.547. The lowest BCUT2D eigenvalue weighted by atomic mass is 9.97. The standard InChI is InChI=1S/C14H17FN4/c1-8-4-9(2)13(11(15)5-8)14(19-16)12-7-17-10(3)6-18-12/h4-7,14,19H,16H2,1-3H3. The summed E-state index contributed by atoms with van der Waals surface area (Å²) in [6, 6.07) is 2.91. The fourth-order valence-corrected chi connectivity index (χ4v) is 2.16. The third-order valence-electron chi connectivity index (χ3n) is 3.03. The normalized spacial score (nSPS) is 12.5. The van der Waals surface area contributed by atoms with Crippen molar-refractivity contribution in [3.05, 3.63) is 58.4 Å². The van der Waals surface area contributed by atoms with Crippen LogP contribution in [0.4, 0.5) is 4.39 Å². The molecule has 100 valence electrons. The van der Waals surface area contributed by atoms with Gasteiger partial charge in [0, 0.05) is 11.8 Å². The van der Waals surface area contributed by atoms with Gasteiger partial charge in [0.1, 0.15) is 5.82 Å². The largest absolute Gasteiger partial charge is 0.271 e. The van der Waals surface area contributed by atoms with Crippen molar-refractivity contribution in [3.8, 4) is 0 Å². The first-order valence-electron chi connectivity index (χ1n) is 6.04. The summed E-state index contributed by atoms with van der Waals surface area (Å²) < 4.78 is 14.2. The Balaban J connectivity index is 2.51. The van der Waals surface area contributed by atoms with E-state index in [4.69, 9.17) is 5.84 Å². The van der Waals surface area contributed by atoms with Crippen LogP contribution in [0.5, 0.6) is 0 Å². The Bertz CT molecular complexity index is 557. The first kappa shape index (κ1) is 13.6. The number of aryl methyl sites for hydroxylation is 3. The van der Waals surface area contributed by atoms with Gasteiger partial charge in [-0.3, -0.25) is 15.8 Å².